The molecule has 0 saturated heterocycles. The van der Waals surface area contributed by atoms with Gasteiger partial charge >= 0.3 is 142 Å². The molecule has 1 heterocycles. The quantitative estimate of drug-likeness (QED) is 0.126. The molecule has 0 aliphatic heterocycles. The number of aromatic nitrogens is 2. The van der Waals surface area contributed by atoms with Gasteiger partial charge in [0.15, 0.2) is 0 Å². The van der Waals surface area contributed by atoms with E-state index in [-0.39, 0.29) is 17.1 Å². The smallest absolute Gasteiger partial charge is 0.0341 e. The van der Waals surface area contributed by atoms with Gasteiger partial charge in [-0.3, -0.25) is 0 Å². The molecular formula is C30H48F2GeN2O. The number of unbranched alkanes of at least 4 members (excludes halogenated alkanes) is 8. The van der Waals surface area contributed by atoms with Gasteiger partial charge in [-0.25, -0.2) is 9.97 Å². The van der Waals surface area contributed by atoms with E-state index in [4.69, 9.17) is 4.74 Å². The average Bonchev–Trinajstić information content (AvgIpc) is 2.91. The van der Waals surface area contributed by atoms with E-state index in [2.05, 4.69) is 37.7 Å². The largest absolute Gasteiger partial charge is 0.236 e. The topological polar surface area (TPSA) is 35.0 Å². The number of benzene rings is 1. The first-order valence-corrected chi connectivity index (χ1v) is 20.4. The van der Waals surface area contributed by atoms with Gasteiger partial charge < -0.3 is 0 Å². The normalized spacial score (nSPS) is 11.7. The molecule has 0 N–H and O–H groups in total. The summed E-state index contributed by atoms with van der Waals surface area (Å²) in [6, 6.07) is 3.01. The minimum atomic E-state index is -1.56. The summed E-state index contributed by atoms with van der Waals surface area (Å²) in [6.45, 7) is 9.74. The Morgan fingerprint density at radius 3 is 2.00 bits per heavy atom. The van der Waals surface area contributed by atoms with Crippen LogP contribution >= 0.6 is 0 Å². The molecular weight excluding hydrogens is 515 g/mol. The molecule has 3 nitrogen and oxygen atoms in total. The molecule has 1 aromatic heterocycles. The Hall–Kier alpha value is -1.50. The van der Waals surface area contributed by atoms with Gasteiger partial charge in [0.25, 0.3) is 0 Å². The molecule has 6 heteroatoms. The van der Waals surface area contributed by atoms with E-state index in [1.165, 1.54) is 78.1 Å². The van der Waals surface area contributed by atoms with E-state index in [9.17, 15) is 8.78 Å². The fraction of sp³-hybridized carbons (Fsp3) is 0.667. The molecule has 0 spiro atoms. The number of aryl methyl sites for hydroxylation is 1. The molecule has 0 radical (unpaired) electrons. The maximum atomic E-state index is 14.8. The van der Waals surface area contributed by atoms with Crippen LogP contribution in [0.2, 0.25) is 21.0 Å². The van der Waals surface area contributed by atoms with Crippen LogP contribution in [-0.2, 0) is 6.42 Å². The molecule has 0 aliphatic carbocycles. The van der Waals surface area contributed by atoms with Crippen molar-refractivity contribution in [2.24, 2.45) is 0 Å². The molecule has 0 amide bonds. The third-order valence-corrected chi connectivity index (χ3v) is 20.3. The zero-order valence-electron chi connectivity index (χ0n) is 23.2. The van der Waals surface area contributed by atoms with Crippen molar-refractivity contribution in [3.8, 4) is 17.1 Å². The second kappa shape index (κ2) is 17.1. The minimum absolute atomic E-state index is 0.0343. The summed E-state index contributed by atoms with van der Waals surface area (Å²) in [4.78, 5) is 8.59. The Balaban J connectivity index is 1.78. The van der Waals surface area contributed by atoms with Crippen LogP contribution in [0.3, 0.4) is 0 Å². The van der Waals surface area contributed by atoms with E-state index in [1.807, 2.05) is 0 Å². The standard InChI is InChI=1S/C30H48F2GeN2O/c1-5-9-10-11-12-15-18-25-23-34-30(35-24-25)26-19-20-27(29(32)28(26)31)36-22-17-14-13-16-21-33(6-2,7-3)8-4/h19-20,23-24H,5-18,21-22H2,1-4H3. The molecule has 0 atom stereocenters. The van der Waals surface area contributed by atoms with Crippen molar-refractivity contribution >= 4 is 13.3 Å². The van der Waals surface area contributed by atoms with Crippen LogP contribution in [-0.4, -0.2) is 29.8 Å². The number of nitrogens with zero attached hydrogens (tertiary/aromatic N) is 2. The van der Waals surface area contributed by atoms with Crippen molar-refractivity contribution in [1.82, 2.24) is 9.97 Å². The van der Waals surface area contributed by atoms with Crippen LogP contribution in [0.25, 0.3) is 11.4 Å². The number of hydrogen-bond donors (Lipinski definition) is 0. The van der Waals surface area contributed by atoms with Crippen LogP contribution in [0.4, 0.5) is 8.78 Å². The third kappa shape index (κ3) is 9.76. The molecule has 0 unspecified atom stereocenters. The van der Waals surface area contributed by atoms with Gasteiger partial charge in [0.05, 0.1) is 0 Å². The summed E-state index contributed by atoms with van der Waals surface area (Å²) < 4.78 is 35.0. The van der Waals surface area contributed by atoms with Gasteiger partial charge in [-0.2, -0.15) is 0 Å². The summed E-state index contributed by atoms with van der Waals surface area (Å²) in [6.07, 6.45) is 16.2. The van der Waals surface area contributed by atoms with Crippen LogP contribution in [0, 0.1) is 11.6 Å². The van der Waals surface area contributed by atoms with Crippen LogP contribution in [0.5, 0.6) is 5.75 Å². The van der Waals surface area contributed by atoms with Gasteiger partial charge in [-0.1, -0.05) is 39.0 Å². The summed E-state index contributed by atoms with van der Waals surface area (Å²) in [5, 5.41) is 5.72. The first kappa shape index (κ1) is 30.7. The maximum Gasteiger partial charge on any atom is 0.0341 e. The van der Waals surface area contributed by atoms with E-state index in [0.717, 1.165) is 31.2 Å². The van der Waals surface area contributed by atoms with Crippen molar-refractivity contribution in [2.75, 3.05) is 6.61 Å². The van der Waals surface area contributed by atoms with E-state index in [1.54, 1.807) is 12.4 Å². The fourth-order valence-electron chi connectivity index (χ4n) is 4.97. The van der Waals surface area contributed by atoms with Crippen LogP contribution in [0.15, 0.2) is 24.5 Å². The summed E-state index contributed by atoms with van der Waals surface area (Å²) in [5.41, 5.74) is 1.10. The molecule has 36 heavy (non-hydrogen) atoms. The van der Waals surface area contributed by atoms with Gasteiger partial charge in [0, 0.05) is 12.4 Å². The molecule has 0 aliphatic rings. The first-order chi connectivity index (χ1) is 17.5. The Kier molecular flexibility index (Phi) is 14.6. The minimum Gasteiger partial charge on any atom is -0.236 e. The van der Waals surface area contributed by atoms with E-state index in [0.29, 0.717) is 6.61 Å². The van der Waals surface area contributed by atoms with Gasteiger partial charge in [0.1, 0.15) is 0 Å². The number of rotatable bonds is 19. The second-order valence-corrected chi connectivity index (χ2v) is 22.0. The zero-order valence-corrected chi connectivity index (χ0v) is 25.3. The molecule has 2 aromatic rings. The molecule has 1 aromatic carbocycles. The molecule has 0 saturated carbocycles. The average molecular weight is 563 g/mol. The SMILES string of the molecule is CCCCCCCCc1cnc(-c2ccc(OCCCCC[CH2][Ge]([CH2]C)([CH2]C)[CH2]C)c(F)c2F)nc1. The summed E-state index contributed by atoms with van der Waals surface area (Å²) in [5.74, 6) is -1.73. The van der Waals surface area contributed by atoms with Crippen molar-refractivity contribution in [2.45, 2.75) is 119 Å². The predicted molar refractivity (Wildman–Crippen MR) is 150 cm³/mol. The first-order valence-electron chi connectivity index (χ1n) is 14.4. The monoisotopic (exact) mass is 564 g/mol. The van der Waals surface area contributed by atoms with Gasteiger partial charge in [-0.15, -0.1) is 0 Å². The van der Waals surface area contributed by atoms with E-state index >= 15 is 0 Å². The van der Waals surface area contributed by atoms with Crippen molar-refractivity contribution < 1.29 is 13.5 Å². The maximum absolute atomic E-state index is 14.8. The molecule has 2 rings (SSSR count). The Morgan fingerprint density at radius 2 is 1.33 bits per heavy atom. The molecule has 0 bridgehead atoms. The number of hydrogen-bond acceptors (Lipinski definition) is 3. The number of halogens is 2. The van der Waals surface area contributed by atoms with Crippen LogP contribution < -0.4 is 4.74 Å². The number of ether oxygens (including phenoxy) is 1. The van der Waals surface area contributed by atoms with Crippen molar-refractivity contribution in [3.05, 3.63) is 41.7 Å². The zero-order chi connectivity index (χ0) is 26.2. The molecule has 202 valence electrons. The molecule has 0 fully saturated rings. The summed E-state index contributed by atoms with van der Waals surface area (Å²) >= 11 is -1.56. The van der Waals surface area contributed by atoms with Crippen molar-refractivity contribution in [3.63, 3.8) is 0 Å². The Morgan fingerprint density at radius 1 is 0.722 bits per heavy atom. The van der Waals surface area contributed by atoms with Crippen LogP contribution in [0.1, 0.15) is 97.5 Å². The third-order valence-electron chi connectivity index (χ3n) is 7.92. The predicted octanol–water partition coefficient (Wildman–Crippen LogP) is 9.77. The van der Waals surface area contributed by atoms with E-state index < -0.39 is 24.9 Å². The Labute approximate surface area is 221 Å². The second-order valence-electron chi connectivity index (χ2n) is 10.2. The Bertz CT molecular complexity index is 864. The van der Waals surface area contributed by atoms with Crippen molar-refractivity contribution in [1.29, 1.82) is 0 Å². The fourth-order valence-corrected chi connectivity index (χ4v) is 12.4. The van der Waals surface area contributed by atoms with Gasteiger partial charge in [0.2, 0.25) is 0 Å². The summed E-state index contributed by atoms with van der Waals surface area (Å²) in [7, 11) is 0. The van der Waals surface area contributed by atoms with Gasteiger partial charge in [-0.05, 0) is 18.4 Å².